The largest absolute Gasteiger partial charge is 0.238 e. The molecule has 0 saturated heterocycles. The fourth-order valence-electron chi connectivity index (χ4n) is 1.42. The second kappa shape index (κ2) is 4.65. The fraction of sp³-hybridized carbons (Fsp3) is 0.167. The molecule has 2 aromatic rings. The first-order chi connectivity index (χ1) is 7.70. The summed E-state index contributed by atoms with van der Waals surface area (Å²) in [6, 6.07) is 10.1. The minimum Gasteiger partial charge on any atom is -0.238 e. The van der Waals surface area contributed by atoms with Gasteiger partial charge in [-0.25, -0.2) is 4.98 Å². The lowest BCUT2D eigenvalue weighted by atomic mass is 10.1. The summed E-state index contributed by atoms with van der Waals surface area (Å²) in [5.74, 6) is 0. The number of benzene rings is 1. The van der Waals surface area contributed by atoms with Crippen molar-refractivity contribution in [2.75, 3.05) is 0 Å². The van der Waals surface area contributed by atoms with E-state index in [-0.39, 0.29) is 6.42 Å². The van der Waals surface area contributed by atoms with Crippen molar-refractivity contribution in [3.63, 3.8) is 0 Å². The van der Waals surface area contributed by atoms with E-state index in [1.807, 2.05) is 25.1 Å². The molecule has 0 fully saturated rings. The van der Waals surface area contributed by atoms with Gasteiger partial charge in [-0.15, -0.1) is 11.3 Å². The summed E-state index contributed by atoms with van der Waals surface area (Å²) in [6.45, 7) is 2.04. The van der Waals surface area contributed by atoms with Gasteiger partial charge in [-0.05, 0) is 13.0 Å². The van der Waals surface area contributed by atoms with Crippen LogP contribution >= 0.6 is 22.9 Å². The van der Waals surface area contributed by atoms with E-state index >= 15 is 0 Å². The molecule has 0 N–H and O–H groups in total. The zero-order valence-corrected chi connectivity index (χ0v) is 10.3. The molecule has 0 unspecified atom stereocenters. The third kappa shape index (κ3) is 2.24. The number of rotatable bonds is 2. The topological polar surface area (TPSA) is 36.7 Å². The Morgan fingerprint density at radius 2 is 2.31 bits per heavy atom. The average molecular weight is 249 g/mol. The lowest BCUT2D eigenvalue weighted by molar-refractivity contribution is 1.16. The van der Waals surface area contributed by atoms with Crippen molar-refractivity contribution in [3.8, 4) is 16.6 Å². The molecule has 2 rings (SSSR count). The lowest BCUT2D eigenvalue weighted by Gasteiger charge is -1.96. The molecular formula is C12H9ClN2S. The van der Waals surface area contributed by atoms with Gasteiger partial charge in [0.1, 0.15) is 9.34 Å². The minimum absolute atomic E-state index is 0.265. The SMILES string of the molecule is Cc1cccc(-c2nc(CC#N)c(Cl)s2)c1. The maximum Gasteiger partial charge on any atom is 0.125 e. The highest BCUT2D eigenvalue weighted by Gasteiger charge is 2.10. The van der Waals surface area contributed by atoms with Crippen molar-refractivity contribution >= 4 is 22.9 Å². The highest BCUT2D eigenvalue weighted by atomic mass is 35.5. The van der Waals surface area contributed by atoms with Crippen molar-refractivity contribution in [1.29, 1.82) is 5.26 Å². The third-order valence-electron chi connectivity index (χ3n) is 2.16. The molecule has 1 aromatic heterocycles. The standard InChI is InChI=1S/C12H9ClN2S/c1-8-3-2-4-9(7-8)12-15-10(5-6-14)11(13)16-12/h2-4,7H,5H2,1H3. The predicted molar refractivity (Wildman–Crippen MR) is 66.6 cm³/mol. The number of aryl methyl sites for hydroxylation is 1. The second-order valence-corrected chi connectivity index (χ2v) is 5.04. The third-order valence-corrected chi connectivity index (χ3v) is 3.55. The van der Waals surface area contributed by atoms with Crippen LogP contribution in [0.25, 0.3) is 10.6 Å². The Morgan fingerprint density at radius 3 is 3.00 bits per heavy atom. The van der Waals surface area contributed by atoms with Gasteiger partial charge in [-0.3, -0.25) is 0 Å². The summed E-state index contributed by atoms with van der Waals surface area (Å²) in [5.41, 5.74) is 2.91. The minimum atomic E-state index is 0.265. The molecule has 0 radical (unpaired) electrons. The van der Waals surface area contributed by atoms with E-state index in [2.05, 4.69) is 17.1 Å². The molecule has 1 aromatic carbocycles. The van der Waals surface area contributed by atoms with Crippen molar-refractivity contribution in [1.82, 2.24) is 4.98 Å². The van der Waals surface area contributed by atoms with Gasteiger partial charge in [-0.1, -0.05) is 35.4 Å². The van der Waals surface area contributed by atoms with Crippen LogP contribution in [0.3, 0.4) is 0 Å². The molecule has 1 heterocycles. The van der Waals surface area contributed by atoms with Crippen LogP contribution in [0, 0.1) is 18.3 Å². The summed E-state index contributed by atoms with van der Waals surface area (Å²) in [6.07, 6.45) is 0.265. The molecule has 0 saturated carbocycles. The molecule has 4 heteroatoms. The van der Waals surface area contributed by atoms with Crippen molar-refractivity contribution in [2.45, 2.75) is 13.3 Å². The molecule has 0 spiro atoms. The average Bonchev–Trinajstić information content (AvgIpc) is 2.61. The smallest absolute Gasteiger partial charge is 0.125 e. The van der Waals surface area contributed by atoms with Crippen LogP contribution in [-0.4, -0.2) is 4.98 Å². The van der Waals surface area contributed by atoms with Gasteiger partial charge in [0.05, 0.1) is 18.2 Å². The molecule has 0 bridgehead atoms. The van der Waals surface area contributed by atoms with Gasteiger partial charge in [0, 0.05) is 5.56 Å². The highest BCUT2D eigenvalue weighted by molar-refractivity contribution is 7.19. The Kier molecular flexibility index (Phi) is 3.23. The van der Waals surface area contributed by atoms with Crippen LogP contribution in [-0.2, 0) is 6.42 Å². The zero-order valence-electron chi connectivity index (χ0n) is 8.70. The van der Waals surface area contributed by atoms with Crippen LogP contribution < -0.4 is 0 Å². The quantitative estimate of drug-likeness (QED) is 0.810. The Bertz CT molecular complexity index is 554. The molecule has 16 heavy (non-hydrogen) atoms. The van der Waals surface area contributed by atoms with Gasteiger partial charge in [0.15, 0.2) is 0 Å². The Balaban J connectivity index is 2.42. The molecule has 0 aliphatic rings. The fourth-order valence-corrected chi connectivity index (χ4v) is 2.55. The van der Waals surface area contributed by atoms with E-state index in [1.54, 1.807) is 0 Å². The first-order valence-electron chi connectivity index (χ1n) is 4.80. The van der Waals surface area contributed by atoms with Crippen molar-refractivity contribution in [2.24, 2.45) is 0 Å². The number of hydrogen-bond donors (Lipinski definition) is 0. The van der Waals surface area contributed by atoms with E-state index < -0.39 is 0 Å². The zero-order chi connectivity index (χ0) is 11.5. The second-order valence-electron chi connectivity index (χ2n) is 3.44. The molecule has 80 valence electrons. The first-order valence-corrected chi connectivity index (χ1v) is 5.99. The molecule has 0 aliphatic heterocycles. The highest BCUT2D eigenvalue weighted by Crippen LogP contribution is 2.32. The first kappa shape index (κ1) is 11.1. The maximum absolute atomic E-state index is 8.62. The number of halogens is 1. The Labute approximate surface area is 103 Å². The van der Waals surface area contributed by atoms with Gasteiger partial charge in [-0.2, -0.15) is 5.26 Å². The summed E-state index contributed by atoms with van der Waals surface area (Å²) >= 11 is 7.44. The molecule has 0 aliphatic carbocycles. The monoisotopic (exact) mass is 248 g/mol. The van der Waals surface area contributed by atoms with Crippen molar-refractivity contribution in [3.05, 3.63) is 39.9 Å². The lowest BCUT2D eigenvalue weighted by Crippen LogP contribution is -1.83. The van der Waals surface area contributed by atoms with E-state index in [0.717, 1.165) is 10.6 Å². The van der Waals surface area contributed by atoms with Crippen molar-refractivity contribution < 1.29 is 0 Å². The van der Waals surface area contributed by atoms with E-state index in [0.29, 0.717) is 10.0 Å². The normalized spacial score (nSPS) is 10.1. The number of nitrogens with zero attached hydrogens (tertiary/aromatic N) is 2. The van der Waals surface area contributed by atoms with Gasteiger partial charge < -0.3 is 0 Å². The Morgan fingerprint density at radius 1 is 1.50 bits per heavy atom. The van der Waals surface area contributed by atoms with E-state index in [4.69, 9.17) is 16.9 Å². The van der Waals surface area contributed by atoms with Crippen LogP contribution in [0.2, 0.25) is 4.34 Å². The number of nitriles is 1. The molecule has 0 amide bonds. The van der Waals surface area contributed by atoms with Crippen LogP contribution in [0.5, 0.6) is 0 Å². The molecule has 2 nitrogen and oxygen atoms in total. The van der Waals surface area contributed by atoms with Crippen LogP contribution in [0.1, 0.15) is 11.3 Å². The molecule has 0 atom stereocenters. The molecular weight excluding hydrogens is 240 g/mol. The summed E-state index contributed by atoms with van der Waals surface area (Å²) in [5, 5.41) is 9.50. The number of aromatic nitrogens is 1. The number of hydrogen-bond acceptors (Lipinski definition) is 3. The Hall–Kier alpha value is -1.37. The number of thiazole rings is 1. The summed E-state index contributed by atoms with van der Waals surface area (Å²) < 4.78 is 0.609. The van der Waals surface area contributed by atoms with Crippen LogP contribution in [0.4, 0.5) is 0 Å². The van der Waals surface area contributed by atoms with E-state index in [9.17, 15) is 0 Å². The summed E-state index contributed by atoms with van der Waals surface area (Å²) in [7, 11) is 0. The van der Waals surface area contributed by atoms with Gasteiger partial charge in [0.2, 0.25) is 0 Å². The van der Waals surface area contributed by atoms with E-state index in [1.165, 1.54) is 16.9 Å². The maximum atomic E-state index is 8.62. The predicted octanol–water partition coefficient (Wildman–Crippen LogP) is 3.84. The van der Waals surface area contributed by atoms with Gasteiger partial charge in [0.25, 0.3) is 0 Å². The van der Waals surface area contributed by atoms with Gasteiger partial charge >= 0.3 is 0 Å². The summed E-state index contributed by atoms with van der Waals surface area (Å²) in [4.78, 5) is 4.37. The van der Waals surface area contributed by atoms with Crippen LogP contribution in [0.15, 0.2) is 24.3 Å².